The predicted octanol–water partition coefficient (Wildman–Crippen LogP) is 0.175. The Kier molecular flexibility index (Phi) is 4.34. The van der Waals surface area contributed by atoms with Gasteiger partial charge in [-0.2, -0.15) is 0 Å². The van der Waals surface area contributed by atoms with Crippen molar-refractivity contribution < 1.29 is 13.2 Å². The molecule has 0 spiro atoms. The van der Waals surface area contributed by atoms with E-state index in [1.807, 2.05) is 0 Å². The SMILES string of the molecule is CC(N)CS(=O)(=O)CC1CCOCC1. The number of rotatable bonds is 4. The summed E-state index contributed by atoms with van der Waals surface area (Å²) in [7, 11) is -2.96. The van der Waals surface area contributed by atoms with Crippen LogP contribution in [0.4, 0.5) is 0 Å². The molecule has 0 radical (unpaired) electrons. The number of hydrogen-bond acceptors (Lipinski definition) is 4. The van der Waals surface area contributed by atoms with Crippen LogP contribution in [0.2, 0.25) is 0 Å². The summed E-state index contributed by atoms with van der Waals surface area (Å²) < 4.78 is 28.4. The molecule has 0 amide bonds. The second-order valence-electron chi connectivity index (χ2n) is 4.11. The zero-order chi connectivity index (χ0) is 10.6. The van der Waals surface area contributed by atoms with Crippen molar-refractivity contribution in [3.8, 4) is 0 Å². The zero-order valence-electron chi connectivity index (χ0n) is 8.61. The summed E-state index contributed by atoms with van der Waals surface area (Å²) in [4.78, 5) is 0. The standard InChI is InChI=1S/C9H19NO3S/c1-8(10)6-14(11,12)7-9-2-4-13-5-3-9/h8-9H,2-7,10H2,1H3. The lowest BCUT2D eigenvalue weighted by atomic mass is 10.0. The molecule has 0 aromatic heterocycles. The van der Waals surface area contributed by atoms with Gasteiger partial charge in [-0.3, -0.25) is 0 Å². The molecule has 0 aliphatic carbocycles. The summed E-state index contributed by atoms with van der Waals surface area (Å²) in [5.74, 6) is 0.648. The molecule has 5 heteroatoms. The summed E-state index contributed by atoms with van der Waals surface area (Å²) in [6.45, 7) is 3.11. The molecule has 1 rings (SSSR count). The minimum atomic E-state index is -2.96. The molecule has 0 saturated carbocycles. The Labute approximate surface area is 85.7 Å². The first kappa shape index (κ1) is 11.9. The van der Waals surface area contributed by atoms with E-state index in [0.717, 1.165) is 12.8 Å². The summed E-state index contributed by atoms with van der Waals surface area (Å²) in [6, 6.07) is -0.264. The monoisotopic (exact) mass is 221 g/mol. The van der Waals surface area contributed by atoms with Gasteiger partial charge in [0.2, 0.25) is 0 Å². The van der Waals surface area contributed by atoms with E-state index in [9.17, 15) is 8.42 Å². The fraction of sp³-hybridized carbons (Fsp3) is 1.00. The summed E-state index contributed by atoms with van der Waals surface area (Å²) in [5.41, 5.74) is 5.48. The van der Waals surface area contributed by atoms with Crippen LogP contribution in [0, 0.1) is 5.92 Å². The third-order valence-corrected chi connectivity index (χ3v) is 4.36. The van der Waals surface area contributed by atoms with Gasteiger partial charge in [0.1, 0.15) is 0 Å². The largest absolute Gasteiger partial charge is 0.381 e. The van der Waals surface area contributed by atoms with Gasteiger partial charge < -0.3 is 10.5 Å². The van der Waals surface area contributed by atoms with E-state index >= 15 is 0 Å². The van der Waals surface area contributed by atoms with Crippen LogP contribution >= 0.6 is 0 Å². The number of nitrogens with two attached hydrogens (primary N) is 1. The molecular weight excluding hydrogens is 202 g/mol. The molecule has 2 N–H and O–H groups in total. The summed E-state index contributed by atoms with van der Waals surface area (Å²) in [5, 5.41) is 0. The topological polar surface area (TPSA) is 69.4 Å². The van der Waals surface area contributed by atoms with Gasteiger partial charge in [0.15, 0.2) is 9.84 Å². The maximum atomic E-state index is 11.6. The molecule has 0 aromatic rings. The maximum absolute atomic E-state index is 11.6. The Bertz CT molecular complexity index is 255. The molecule has 14 heavy (non-hydrogen) atoms. The van der Waals surface area contributed by atoms with Crippen molar-refractivity contribution in [2.75, 3.05) is 24.7 Å². The van der Waals surface area contributed by atoms with Gasteiger partial charge >= 0.3 is 0 Å². The maximum Gasteiger partial charge on any atom is 0.152 e. The van der Waals surface area contributed by atoms with Gasteiger partial charge in [-0.25, -0.2) is 8.42 Å². The highest BCUT2D eigenvalue weighted by Gasteiger charge is 2.22. The van der Waals surface area contributed by atoms with Crippen LogP contribution in [0.3, 0.4) is 0 Å². The lowest BCUT2D eigenvalue weighted by molar-refractivity contribution is 0.0723. The van der Waals surface area contributed by atoms with Gasteiger partial charge in [0.25, 0.3) is 0 Å². The van der Waals surface area contributed by atoms with E-state index in [2.05, 4.69) is 0 Å². The Balaban J connectivity index is 2.41. The molecule has 1 saturated heterocycles. The molecule has 1 aliphatic heterocycles. The molecule has 1 unspecified atom stereocenters. The molecular formula is C9H19NO3S. The zero-order valence-corrected chi connectivity index (χ0v) is 9.42. The fourth-order valence-electron chi connectivity index (χ4n) is 1.74. The van der Waals surface area contributed by atoms with Crippen LogP contribution in [-0.4, -0.2) is 39.2 Å². The Morgan fingerprint density at radius 1 is 1.43 bits per heavy atom. The molecule has 0 bridgehead atoms. The highest BCUT2D eigenvalue weighted by atomic mass is 32.2. The lowest BCUT2D eigenvalue weighted by Crippen LogP contribution is -2.31. The second kappa shape index (κ2) is 5.09. The van der Waals surface area contributed by atoms with Gasteiger partial charge in [-0.15, -0.1) is 0 Å². The summed E-state index contributed by atoms with van der Waals surface area (Å²) in [6.07, 6.45) is 1.72. The van der Waals surface area contributed by atoms with Crippen LogP contribution in [0.5, 0.6) is 0 Å². The van der Waals surface area contributed by atoms with Crippen molar-refractivity contribution in [2.45, 2.75) is 25.8 Å². The fourth-order valence-corrected chi connectivity index (χ4v) is 3.73. The highest BCUT2D eigenvalue weighted by Crippen LogP contribution is 2.17. The summed E-state index contributed by atoms with van der Waals surface area (Å²) >= 11 is 0. The van der Waals surface area contributed by atoms with Crippen LogP contribution in [-0.2, 0) is 14.6 Å². The van der Waals surface area contributed by atoms with Crippen molar-refractivity contribution in [1.29, 1.82) is 0 Å². The Hall–Kier alpha value is -0.130. The van der Waals surface area contributed by atoms with E-state index < -0.39 is 9.84 Å². The molecule has 4 nitrogen and oxygen atoms in total. The van der Waals surface area contributed by atoms with Crippen molar-refractivity contribution in [2.24, 2.45) is 11.7 Å². The van der Waals surface area contributed by atoms with E-state index in [1.54, 1.807) is 6.92 Å². The molecule has 1 atom stereocenters. The predicted molar refractivity (Wildman–Crippen MR) is 55.8 cm³/mol. The first-order valence-electron chi connectivity index (χ1n) is 5.03. The second-order valence-corrected chi connectivity index (χ2v) is 6.26. The number of sulfone groups is 1. The van der Waals surface area contributed by atoms with E-state index in [-0.39, 0.29) is 23.5 Å². The van der Waals surface area contributed by atoms with Gasteiger partial charge in [-0.05, 0) is 25.7 Å². The van der Waals surface area contributed by atoms with Crippen molar-refractivity contribution in [3.63, 3.8) is 0 Å². The van der Waals surface area contributed by atoms with Gasteiger partial charge in [0, 0.05) is 19.3 Å². The third-order valence-electron chi connectivity index (χ3n) is 2.35. The van der Waals surface area contributed by atoms with Crippen molar-refractivity contribution >= 4 is 9.84 Å². The quantitative estimate of drug-likeness (QED) is 0.735. The van der Waals surface area contributed by atoms with Gasteiger partial charge in [-0.1, -0.05) is 0 Å². The smallest absolute Gasteiger partial charge is 0.152 e. The van der Waals surface area contributed by atoms with Crippen LogP contribution in [0.25, 0.3) is 0 Å². The number of hydrogen-bond donors (Lipinski definition) is 1. The van der Waals surface area contributed by atoms with Crippen molar-refractivity contribution in [3.05, 3.63) is 0 Å². The Morgan fingerprint density at radius 3 is 2.50 bits per heavy atom. The molecule has 0 aromatic carbocycles. The molecule has 84 valence electrons. The van der Waals surface area contributed by atoms with Crippen LogP contribution in [0.1, 0.15) is 19.8 Å². The van der Waals surface area contributed by atoms with E-state index in [1.165, 1.54) is 0 Å². The first-order chi connectivity index (χ1) is 6.49. The average Bonchev–Trinajstić information content (AvgIpc) is 2.02. The normalized spacial score (nSPS) is 22.1. The third kappa shape index (κ3) is 4.39. The van der Waals surface area contributed by atoms with Gasteiger partial charge in [0.05, 0.1) is 11.5 Å². The molecule has 1 aliphatic rings. The lowest BCUT2D eigenvalue weighted by Gasteiger charge is -2.22. The highest BCUT2D eigenvalue weighted by molar-refractivity contribution is 7.91. The Morgan fingerprint density at radius 2 is 2.00 bits per heavy atom. The molecule has 1 fully saturated rings. The number of ether oxygens (including phenoxy) is 1. The minimum Gasteiger partial charge on any atom is -0.381 e. The first-order valence-corrected chi connectivity index (χ1v) is 6.85. The van der Waals surface area contributed by atoms with Crippen molar-refractivity contribution in [1.82, 2.24) is 0 Å². The van der Waals surface area contributed by atoms with E-state index in [4.69, 9.17) is 10.5 Å². The van der Waals surface area contributed by atoms with Crippen LogP contribution < -0.4 is 5.73 Å². The average molecular weight is 221 g/mol. The van der Waals surface area contributed by atoms with E-state index in [0.29, 0.717) is 13.2 Å². The molecule has 1 heterocycles. The van der Waals surface area contributed by atoms with Crippen LogP contribution in [0.15, 0.2) is 0 Å². The minimum absolute atomic E-state index is 0.102.